The van der Waals surface area contributed by atoms with Crippen LogP contribution in [0.15, 0.2) is 53.0 Å². The van der Waals surface area contributed by atoms with Gasteiger partial charge in [0, 0.05) is 0 Å². The third kappa shape index (κ3) is 4.34. The Morgan fingerprint density at radius 1 is 1.19 bits per heavy atom. The highest BCUT2D eigenvalue weighted by Crippen LogP contribution is 2.36. The van der Waals surface area contributed by atoms with Crippen LogP contribution < -0.4 is 9.47 Å². The maximum absolute atomic E-state index is 9.18. The van der Waals surface area contributed by atoms with E-state index >= 15 is 0 Å². The lowest BCUT2D eigenvalue weighted by molar-refractivity contribution is 0.279. The summed E-state index contributed by atoms with van der Waals surface area (Å²) in [6, 6.07) is 13.6. The van der Waals surface area contributed by atoms with E-state index in [1.807, 2.05) is 48.6 Å². The molecule has 0 aromatic heterocycles. The van der Waals surface area contributed by atoms with Crippen LogP contribution in [0.1, 0.15) is 11.1 Å². The molecule has 0 spiro atoms. The summed E-state index contributed by atoms with van der Waals surface area (Å²) < 4.78 is 11.8. The molecule has 0 heterocycles. The number of ether oxygens (including phenoxy) is 2. The molecule has 0 aliphatic rings. The van der Waals surface area contributed by atoms with Crippen LogP contribution in [0.5, 0.6) is 11.5 Å². The number of halogens is 1. The fourth-order valence-corrected chi connectivity index (χ4v) is 2.49. The molecule has 2 aromatic carbocycles. The highest BCUT2D eigenvalue weighted by atomic mass is 79.9. The third-order valence-corrected chi connectivity index (χ3v) is 3.49. The van der Waals surface area contributed by atoms with E-state index in [2.05, 4.69) is 15.9 Å². The number of benzene rings is 2. The Hall–Kier alpha value is -1.78. The van der Waals surface area contributed by atoms with Gasteiger partial charge in [0.2, 0.25) is 0 Å². The van der Waals surface area contributed by atoms with Crippen molar-refractivity contribution < 1.29 is 14.6 Å². The maximum Gasteiger partial charge on any atom is 0.175 e. The van der Waals surface area contributed by atoms with E-state index in [1.165, 1.54) is 0 Å². The van der Waals surface area contributed by atoms with Crippen LogP contribution in [0.3, 0.4) is 0 Å². The zero-order valence-electron chi connectivity index (χ0n) is 11.8. The number of methoxy groups -OCH3 is 1. The van der Waals surface area contributed by atoms with Crippen LogP contribution in [-0.4, -0.2) is 18.8 Å². The van der Waals surface area contributed by atoms with Crippen molar-refractivity contribution in [1.29, 1.82) is 0 Å². The predicted octanol–water partition coefficient (Wildman–Crippen LogP) is 4.04. The molecule has 0 aliphatic heterocycles. The molecule has 0 fully saturated rings. The van der Waals surface area contributed by atoms with Crippen molar-refractivity contribution >= 4 is 22.0 Å². The Bertz CT molecular complexity index is 609. The highest BCUT2D eigenvalue weighted by molar-refractivity contribution is 9.10. The third-order valence-electron chi connectivity index (χ3n) is 2.91. The Labute approximate surface area is 133 Å². The Morgan fingerprint density at radius 2 is 1.95 bits per heavy atom. The van der Waals surface area contributed by atoms with Crippen molar-refractivity contribution in [2.75, 3.05) is 13.7 Å². The summed E-state index contributed by atoms with van der Waals surface area (Å²) in [6.07, 6.45) is 3.95. The predicted molar refractivity (Wildman–Crippen MR) is 87.6 cm³/mol. The van der Waals surface area contributed by atoms with Crippen molar-refractivity contribution in [1.82, 2.24) is 0 Å². The second kappa shape index (κ2) is 7.86. The summed E-state index contributed by atoms with van der Waals surface area (Å²) in [5, 5.41) is 9.18. The molecular weight excluding hydrogens is 332 g/mol. The number of rotatable bonds is 6. The Morgan fingerprint density at radius 3 is 2.62 bits per heavy atom. The summed E-state index contributed by atoms with van der Waals surface area (Å²) in [5.74, 6) is 1.23. The molecule has 21 heavy (non-hydrogen) atoms. The first-order chi connectivity index (χ1) is 10.2. The van der Waals surface area contributed by atoms with Gasteiger partial charge in [-0.25, -0.2) is 0 Å². The lowest BCUT2D eigenvalue weighted by Gasteiger charge is -2.12. The fourth-order valence-electron chi connectivity index (χ4n) is 1.88. The van der Waals surface area contributed by atoms with Crippen LogP contribution in [-0.2, 0) is 6.61 Å². The standard InChI is InChI=1S/C17H17BrO3/c1-20-16-11-14(12-19)10-15(18)17(16)21-9-5-8-13-6-3-2-4-7-13/h2-8,10-11,19H,9,12H2,1H3/b8-5+. The zero-order valence-corrected chi connectivity index (χ0v) is 13.3. The molecule has 0 aliphatic carbocycles. The van der Waals surface area contributed by atoms with E-state index in [1.54, 1.807) is 13.2 Å². The maximum atomic E-state index is 9.18. The molecule has 2 rings (SSSR count). The van der Waals surface area contributed by atoms with Gasteiger partial charge in [-0.2, -0.15) is 0 Å². The molecule has 0 saturated carbocycles. The molecule has 110 valence electrons. The first kappa shape index (κ1) is 15.6. The summed E-state index contributed by atoms with van der Waals surface area (Å²) in [5.41, 5.74) is 1.90. The van der Waals surface area contributed by atoms with Gasteiger partial charge in [-0.15, -0.1) is 0 Å². The number of hydrogen-bond acceptors (Lipinski definition) is 3. The van der Waals surface area contributed by atoms with Gasteiger partial charge in [0.25, 0.3) is 0 Å². The van der Waals surface area contributed by atoms with E-state index in [0.717, 1.165) is 15.6 Å². The molecule has 0 amide bonds. The lowest BCUT2D eigenvalue weighted by Crippen LogP contribution is -1.99. The minimum absolute atomic E-state index is 0.0385. The molecule has 0 radical (unpaired) electrons. The number of aliphatic hydroxyl groups is 1. The lowest BCUT2D eigenvalue weighted by atomic mass is 10.2. The van der Waals surface area contributed by atoms with Crippen molar-refractivity contribution in [2.45, 2.75) is 6.61 Å². The van der Waals surface area contributed by atoms with Gasteiger partial charge >= 0.3 is 0 Å². The molecule has 0 atom stereocenters. The van der Waals surface area contributed by atoms with Gasteiger partial charge in [0.1, 0.15) is 6.61 Å². The Kier molecular flexibility index (Phi) is 5.84. The first-order valence-electron chi connectivity index (χ1n) is 6.56. The van der Waals surface area contributed by atoms with Crippen LogP contribution in [0, 0.1) is 0 Å². The normalized spacial score (nSPS) is 10.8. The largest absolute Gasteiger partial charge is 0.493 e. The van der Waals surface area contributed by atoms with Crippen molar-refractivity contribution in [3.63, 3.8) is 0 Å². The summed E-state index contributed by atoms with van der Waals surface area (Å²) in [4.78, 5) is 0. The highest BCUT2D eigenvalue weighted by Gasteiger charge is 2.10. The van der Waals surface area contributed by atoms with Crippen LogP contribution in [0.2, 0.25) is 0 Å². The molecule has 1 N–H and O–H groups in total. The summed E-state index contributed by atoms with van der Waals surface area (Å²) in [6.45, 7) is 0.394. The van der Waals surface area contributed by atoms with E-state index in [9.17, 15) is 5.11 Å². The summed E-state index contributed by atoms with van der Waals surface area (Å²) >= 11 is 3.44. The average molecular weight is 349 g/mol. The minimum atomic E-state index is -0.0385. The minimum Gasteiger partial charge on any atom is -0.493 e. The van der Waals surface area contributed by atoms with E-state index in [-0.39, 0.29) is 6.61 Å². The Balaban J connectivity index is 2.04. The second-order valence-electron chi connectivity index (χ2n) is 4.39. The molecule has 4 heteroatoms. The topological polar surface area (TPSA) is 38.7 Å². The van der Waals surface area contributed by atoms with Gasteiger partial charge in [-0.3, -0.25) is 0 Å². The van der Waals surface area contributed by atoms with Crippen molar-refractivity contribution in [3.05, 3.63) is 64.1 Å². The van der Waals surface area contributed by atoms with E-state index in [0.29, 0.717) is 18.1 Å². The second-order valence-corrected chi connectivity index (χ2v) is 5.25. The fraction of sp³-hybridized carbons (Fsp3) is 0.176. The molecule has 0 saturated heterocycles. The average Bonchev–Trinajstić information content (AvgIpc) is 2.53. The van der Waals surface area contributed by atoms with Gasteiger partial charge in [0.15, 0.2) is 11.5 Å². The molecule has 3 nitrogen and oxygen atoms in total. The van der Waals surface area contributed by atoms with E-state index < -0.39 is 0 Å². The molecule has 0 unspecified atom stereocenters. The molecule has 2 aromatic rings. The SMILES string of the molecule is COc1cc(CO)cc(Br)c1OC/C=C/c1ccccc1. The van der Waals surface area contributed by atoms with Crippen LogP contribution in [0.4, 0.5) is 0 Å². The van der Waals surface area contributed by atoms with Gasteiger partial charge in [0.05, 0.1) is 18.2 Å². The van der Waals surface area contributed by atoms with E-state index in [4.69, 9.17) is 9.47 Å². The quantitative estimate of drug-likeness (QED) is 0.855. The van der Waals surface area contributed by atoms with Gasteiger partial charge < -0.3 is 14.6 Å². The van der Waals surface area contributed by atoms with Crippen molar-refractivity contribution in [3.8, 4) is 11.5 Å². The van der Waals surface area contributed by atoms with Gasteiger partial charge in [-0.05, 0) is 45.3 Å². The van der Waals surface area contributed by atoms with Crippen LogP contribution in [0.25, 0.3) is 6.08 Å². The van der Waals surface area contributed by atoms with Crippen molar-refractivity contribution in [2.24, 2.45) is 0 Å². The smallest absolute Gasteiger partial charge is 0.175 e. The van der Waals surface area contributed by atoms with Gasteiger partial charge in [-0.1, -0.05) is 36.4 Å². The van der Waals surface area contributed by atoms with Crippen LogP contribution >= 0.6 is 15.9 Å². The molecule has 0 bridgehead atoms. The first-order valence-corrected chi connectivity index (χ1v) is 7.35. The zero-order chi connectivity index (χ0) is 15.1. The monoisotopic (exact) mass is 348 g/mol. The number of hydrogen-bond donors (Lipinski definition) is 1. The molecular formula is C17H17BrO3. The number of aliphatic hydroxyl groups excluding tert-OH is 1. The summed E-state index contributed by atoms with van der Waals surface area (Å²) in [7, 11) is 1.58.